The van der Waals surface area contributed by atoms with Crippen LogP contribution in [0.15, 0.2) is 0 Å². The molecule has 0 spiro atoms. The van der Waals surface area contributed by atoms with Gasteiger partial charge in [0.05, 0.1) is 6.07 Å². The highest BCUT2D eigenvalue weighted by Gasteiger charge is 2.37. The number of likely N-dealkylation sites (N-methyl/N-ethyl adjacent to an activating group) is 1. The van der Waals surface area contributed by atoms with E-state index in [9.17, 15) is 10.1 Å². The molecule has 0 aromatic rings. The van der Waals surface area contributed by atoms with Crippen molar-refractivity contribution in [3.05, 3.63) is 0 Å². The first-order chi connectivity index (χ1) is 7.94. The van der Waals surface area contributed by atoms with Crippen molar-refractivity contribution < 1.29 is 4.79 Å². The molecule has 0 saturated carbocycles. The molecule has 1 fully saturated rings. The molecule has 17 heavy (non-hydrogen) atoms. The Morgan fingerprint density at radius 3 is 2.71 bits per heavy atom. The van der Waals surface area contributed by atoms with Gasteiger partial charge in [-0.05, 0) is 40.3 Å². The minimum Gasteiger partial charge on any atom is -0.337 e. The van der Waals surface area contributed by atoms with Gasteiger partial charge >= 0.3 is 0 Å². The van der Waals surface area contributed by atoms with Gasteiger partial charge in [0.1, 0.15) is 5.41 Å². The third kappa shape index (κ3) is 2.98. The molecule has 2 unspecified atom stereocenters. The van der Waals surface area contributed by atoms with Crippen LogP contribution >= 0.6 is 0 Å². The van der Waals surface area contributed by atoms with Gasteiger partial charge in [-0.2, -0.15) is 5.26 Å². The van der Waals surface area contributed by atoms with E-state index in [1.54, 1.807) is 6.92 Å². The fourth-order valence-electron chi connectivity index (χ4n) is 2.27. The zero-order valence-corrected chi connectivity index (χ0v) is 11.4. The van der Waals surface area contributed by atoms with E-state index in [0.29, 0.717) is 6.42 Å². The Bertz CT molecular complexity index is 323. The van der Waals surface area contributed by atoms with Gasteiger partial charge < -0.3 is 9.80 Å². The van der Waals surface area contributed by atoms with Crippen molar-refractivity contribution in [3.63, 3.8) is 0 Å². The molecule has 0 aromatic carbocycles. The molecular weight excluding hydrogens is 214 g/mol. The first-order valence-electron chi connectivity index (χ1n) is 6.35. The summed E-state index contributed by atoms with van der Waals surface area (Å²) in [7, 11) is 2.08. The molecule has 1 aliphatic heterocycles. The van der Waals surface area contributed by atoms with Crippen LogP contribution < -0.4 is 0 Å². The van der Waals surface area contributed by atoms with Crippen molar-refractivity contribution in [2.45, 2.75) is 39.7 Å². The third-order valence-corrected chi connectivity index (χ3v) is 3.73. The van der Waals surface area contributed by atoms with Crippen LogP contribution in [0.5, 0.6) is 0 Å². The average molecular weight is 237 g/mol. The summed E-state index contributed by atoms with van der Waals surface area (Å²) in [5.74, 6) is -0.00898. The molecule has 1 saturated heterocycles. The highest BCUT2D eigenvalue weighted by atomic mass is 16.2. The Morgan fingerprint density at radius 1 is 1.53 bits per heavy atom. The predicted molar refractivity (Wildman–Crippen MR) is 67.3 cm³/mol. The zero-order chi connectivity index (χ0) is 13.1. The molecule has 1 aliphatic rings. The minimum atomic E-state index is -0.864. The van der Waals surface area contributed by atoms with Crippen molar-refractivity contribution in [1.82, 2.24) is 9.80 Å². The van der Waals surface area contributed by atoms with Crippen molar-refractivity contribution in [2.75, 3.05) is 26.7 Å². The number of nitrogens with zero attached hydrogens (tertiary/aromatic N) is 3. The minimum absolute atomic E-state index is 0.00898. The van der Waals surface area contributed by atoms with Crippen LogP contribution in [0.1, 0.15) is 33.6 Å². The topological polar surface area (TPSA) is 47.3 Å². The first kappa shape index (κ1) is 14.0. The number of rotatable bonds is 2. The third-order valence-electron chi connectivity index (χ3n) is 3.73. The van der Waals surface area contributed by atoms with Gasteiger partial charge in [0.15, 0.2) is 0 Å². The summed E-state index contributed by atoms with van der Waals surface area (Å²) in [4.78, 5) is 16.6. The van der Waals surface area contributed by atoms with Crippen molar-refractivity contribution in [1.29, 1.82) is 5.26 Å². The zero-order valence-electron chi connectivity index (χ0n) is 11.4. The summed E-state index contributed by atoms with van der Waals surface area (Å²) < 4.78 is 0. The largest absolute Gasteiger partial charge is 0.337 e. The molecule has 0 aliphatic carbocycles. The molecule has 4 heteroatoms. The van der Waals surface area contributed by atoms with Crippen LogP contribution in [0.3, 0.4) is 0 Å². The van der Waals surface area contributed by atoms with Gasteiger partial charge in [0, 0.05) is 19.1 Å². The van der Waals surface area contributed by atoms with Crippen LogP contribution in [0.4, 0.5) is 0 Å². The summed E-state index contributed by atoms with van der Waals surface area (Å²) in [5, 5.41) is 9.19. The fourth-order valence-corrected chi connectivity index (χ4v) is 2.27. The smallest absolute Gasteiger partial charge is 0.243 e. The Balaban J connectivity index is 2.84. The van der Waals surface area contributed by atoms with Gasteiger partial charge in [-0.1, -0.05) is 6.92 Å². The monoisotopic (exact) mass is 237 g/mol. The second-order valence-corrected chi connectivity index (χ2v) is 5.26. The quantitative estimate of drug-likeness (QED) is 0.731. The Morgan fingerprint density at radius 2 is 2.18 bits per heavy atom. The maximum Gasteiger partial charge on any atom is 0.243 e. The molecule has 1 heterocycles. The van der Waals surface area contributed by atoms with E-state index in [4.69, 9.17) is 0 Å². The molecule has 0 radical (unpaired) electrons. The average Bonchev–Trinajstić information content (AvgIpc) is 2.48. The van der Waals surface area contributed by atoms with Gasteiger partial charge in [0.2, 0.25) is 5.91 Å². The van der Waals surface area contributed by atoms with E-state index in [2.05, 4.69) is 24.9 Å². The SMILES string of the molecule is CCC(C)(C#N)C(=O)N1CCCN(C)CC1C. The molecule has 1 rings (SSSR count). The lowest BCUT2D eigenvalue weighted by Crippen LogP contribution is -2.48. The molecule has 96 valence electrons. The van der Waals surface area contributed by atoms with Gasteiger partial charge in [-0.3, -0.25) is 4.79 Å². The van der Waals surface area contributed by atoms with Crippen LogP contribution in [0, 0.1) is 16.7 Å². The van der Waals surface area contributed by atoms with Gasteiger partial charge in [0.25, 0.3) is 0 Å². The molecular formula is C13H23N3O. The second-order valence-electron chi connectivity index (χ2n) is 5.26. The van der Waals surface area contributed by atoms with Crippen molar-refractivity contribution >= 4 is 5.91 Å². The maximum absolute atomic E-state index is 12.4. The summed E-state index contributed by atoms with van der Waals surface area (Å²) in [6.45, 7) is 8.38. The van der Waals surface area contributed by atoms with Crippen LogP contribution in [-0.2, 0) is 4.79 Å². The van der Waals surface area contributed by atoms with Gasteiger partial charge in [-0.15, -0.1) is 0 Å². The first-order valence-corrected chi connectivity index (χ1v) is 6.35. The standard InChI is InChI=1S/C13H23N3O/c1-5-13(3,10-14)12(17)16-8-6-7-15(4)9-11(16)2/h11H,5-9H2,1-4H3. The van der Waals surface area contributed by atoms with E-state index in [-0.39, 0.29) is 11.9 Å². The Labute approximate surface area is 104 Å². The Hall–Kier alpha value is -1.08. The van der Waals surface area contributed by atoms with E-state index in [1.165, 1.54) is 0 Å². The fraction of sp³-hybridized carbons (Fsp3) is 0.846. The molecule has 0 aromatic heterocycles. The van der Waals surface area contributed by atoms with Crippen LogP contribution in [0.2, 0.25) is 0 Å². The van der Waals surface area contributed by atoms with E-state index >= 15 is 0 Å². The second kappa shape index (κ2) is 5.50. The van der Waals surface area contributed by atoms with E-state index in [1.807, 2.05) is 11.8 Å². The van der Waals surface area contributed by atoms with Gasteiger partial charge in [-0.25, -0.2) is 0 Å². The number of amides is 1. The lowest BCUT2D eigenvalue weighted by Gasteiger charge is -2.33. The Kier molecular flexibility index (Phi) is 4.53. The van der Waals surface area contributed by atoms with E-state index in [0.717, 1.165) is 26.1 Å². The highest BCUT2D eigenvalue weighted by molar-refractivity contribution is 5.85. The predicted octanol–water partition coefficient (Wildman–Crippen LogP) is 1.48. The molecule has 4 nitrogen and oxygen atoms in total. The summed E-state index contributed by atoms with van der Waals surface area (Å²) in [6.07, 6.45) is 1.55. The molecule has 2 atom stereocenters. The number of nitriles is 1. The summed E-state index contributed by atoms with van der Waals surface area (Å²) in [5.41, 5.74) is -0.864. The number of hydrogen-bond acceptors (Lipinski definition) is 3. The number of carbonyl (C=O) groups is 1. The number of carbonyl (C=O) groups excluding carboxylic acids is 1. The van der Waals surface area contributed by atoms with Crippen molar-refractivity contribution in [3.8, 4) is 6.07 Å². The molecule has 0 N–H and O–H groups in total. The molecule has 0 bridgehead atoms. The van der Waals surface area contributed by atoms with Crippen molar-refractivity contribution in [2.24, 2.45) is 5.41 Å². The summed E-state index contributed by atoms with van der Waals surface area (Å²) >= 11 is 0. The highest BCUT2D eigenvalue weighted by Crippen LogP contribution is 2.25. The molecule has 1 amide bonds. The van der Waals surface area contributed by atoms with Crippen LogP contribution in [0.25, 0.3) is 0 Å². The lowest BCUT2D eigenvalue weighted by molar-refractivity contribution is -0.140. The number of hydrogen-bond donors (Lipinski definition) is 0. The summed E-state index contributed by atoms with van der Waals surface area (Å²) in [6, 6.07) is 2.36. The maximum atomic E-state index is 12.4. The van der Waals surface area contributed by atoms with E-state index < -0.39 is 5.41 Å². The normalized spacial score (nSPS) is 25.8. The lowest BCUT2D eigenvalue weighted by atomic mass is 9.87. The van der Waals surface area contributed by atoms with Crippen LogP contribution in [-0.4, -0.2) is 48.4 Å².